The van der Waals surface area contributed by atoms with Crippen molar-refractivity contribution in [3.05, 3.63) is 56.9 Å². The number of aliphatic hydroxyl groups is 2. The molecule has 4 heterocycles. The van der Waals surface area contributed by atoms with Crippen LogP contribution in [0.1, 0.15) is 55.0 Å². The van der Waals surface area contributed by atoms with E-state index in [1.54, 1.807) is 25.1 Å². The van der Waals surface area contributed by atoms with Crippen molar-refractivity contribution >= 4 is 16.9 Å². The Morgan fingerprint density at radius 2 is 2.00 bits per heavy atom. The molecule has 0 fully saturated rings. The molecule has 0 spiro atoms. The van der Waals surface area contributed by atoms with E-state index in [9.17, 15) is 24.9 Å². The first-order chi connectivity index (χ1) is 14.8. The Bertz CT molecular complexity index is 1330. The molecule has 8 heteroatoms. The number of phenols is 1. The summed E-state index contributed by atoms with van der Waals surface area (Å²) in [5, 5.41) is 32.4. The third-order valence-corrected chi connectivity index (χ3v) is 6.44. The number of pyridine rings is 2. The van der Waals surface area contributed by atoms with Gasteiger partial charge in [0.05, 0.1) is 35.1 Å². The standard InChI is InChI=1S/C23H22N2O6/c1-3-18(27)19-12-7-11(26)5-6-16(12)24-20-13(19)9-25-17(20)8-15-14(21(25)28)10-31-22(29)23(15,30)4-2/h5-8,18,26-27,30H,3-4,9-10H2,1-2H3/t18?,23-/m0/s1. The maximum Gasteiger partial charge on any atom is 0.343 e. The number of carbonyl (C=O) groups is 1. The van der Waals surface area contributed by atoms with Crippen LogP contribution >= 0.6 is 0 Å². The molecular weight excluding hydrogens is 400 g/mol. The Labute approximate surface area is 177 Å². The quantitative estimate of drug-likeness (QED) is 0.433. The third kappa shape index (κ3) is 2.58. The van der Waals surface area contributed by atoms with Gasteiger partial charge in [-0.2, -0.15) is 0 Å². The molecule has 0 saturated carbocycles. The van der Waals surface area contributed by atoms with Gasteiger partial charge >= 0.3 is 5.97 Å². The van der Waals surface area contributed by atoms with Crippen molar-refractivity contribution in [3.8, 4) is 17.1 Å². The van der Waals surface area contributed by atoms with Crippen LogP contribution in [0.2, 0.25) is 0 Å². The summed E-state index contributed by atoms with van der Waals surface area (Å²) in [6.07, 6.45) is -0.294. The van der Waals surface area contributed by atoms with Gasteiger partial charge in [0.1, 0.15) is 12.4 Å². The summed E-state index contributed by atoms with van der Waals surface area (Å²) in [7, 11) is 0. The summed E-state index contributed by atoms with van der Waals surface area (Å²) in [5.74, 6) is -0.709. The molecule has 0 bridgehead atoms. The zero-order valence-corrected chi connectivity index (χ0v) is 17.2. The van der Waals surface area contributed by atoms with E-state index in [0.29, 0.717) is 39.8 Å². The Morgan fingerprint density at radius 3 is 2.71 bits per heavy atom. The van der Waals surface area contributed by atoms with Crippen LogP contribution in [0.25, 0.3) is 22.3 Å². The van der Waals surface area contributed by atoms with Gasteiger partial charge in [-0.3, -0.25) is 4.79 Å². The minimum atomic E-state index is -1.89. The first-order valence-corrected chi connectivity index (χ1v) is 10.3. The number of aliphatic hydroxyl groups excluding tert-OH is 1. The zero-order chi connectivity index (χ0) is 22.1. The lowest BCUT2D eigenvalue weighted by Crippen LogP contribution is -2.44. The minimum absolute atomic E-state index is 0.0608. The number of cyclic esters (lactones) is 1. The number of nitrogens with zero attached hydrogens (tertiary/aromatic N) is 2. The molecule has 5 rings (SSSR count). The molecule has 0 aliphatic carbocycles. The fourth-order valence-electron chi connectivity index (χ4n) is 4.68. The van der Waals surface area contributed by atoms with Crippen molar-refractivity contribution in [2.45, 2.75) is 51.5 Å². The van der Waals surface area contributed by atoms with E-state index in [0.717, 1.165) is 0 Å². The molecule has 31 heavy (non-hydrogen) atoms. The number of aromatic hydroxyl groups is 1. The molecule has 2 aliphatic rings. The molecule has 2 aromatic heterocycles. The van der Waals surface area contributed by atoms with E-state index in [4.69, 9.17) is 9.72 Å². The predicted molar refractivity (Wildman–Crippen MR) is 111 cm³/mol. The molecule has 2 aliphatic heterocycles. The monoisotopic (exact) mass is 422 g/mol. The number of hydrogen-bond donors (Lipinski definition) is 3. The maximum atomic E-state index is 13.3. The number of aromatic nitrogens is 2. The van der Waals surface area contributed by atoms with E-state index < -0.39 is 17.7 Å². The lowest BCUT2D eigenvalue weighted by atomic mass is 9.86. The fourth-order valence-corrected chi connectivity index (χ4v) is 4.68. The lowest BCUT2D eigenvalue weighted by molar-refractivity contribution is -0.172. The highest BCUT2D eigenvalue weighted by molar-refractivity contribution is 5.90. The van der Waals surface area contributed by atoms with E-state index in [2.05, 4.69) is 0 Å². The van der Waals surface area contributed by atoms with Crippen molar-refractivity contribution in [2.75, 3.05) is 0 Å². The first kappa shape index (κ1) is 19.7. The summed E-state index contributed by atoms with van der Waals surface area (Å²) in [6, 6.07) is 6.39. The normalized spacial score (nSPS) is 20.2. The van der Waals surface area contributed by atoms with Gasteiger partial charge in [-0.05, 0) is 42.7 Å². The number of rotatable bonds is 3. The molecule has 3 N–H and O–H groups in total. The Hall–Kier alpha value is -3.23. The fraction of sp³-hybridized carbons (Fsp3) is 0.348. The van der Waals surface area contributed by atoms with Gasteiger partial charge in [0.15, 0.2) is 5.60 Å². The Kier molecular flexibility index (Phi) is 4.22. The van der Waals surface area contributed by atoms with Gasteiger partial charge < -0.3 is 24.6 Å². The van der Waals surface area contributed by atoms with E-state index >= 15 is 0 Å². The second-order valence-electron chi connectivity index (χ2n) is 8.08. The van der Waals surface area contributed by atoms with Crippen molar-refractivity contribution in [1.82, 2.24) is 9.55 Å². The summed E-state index contributed by atoms with van der Waals surface area (Å²) in [6.45, 7) is 3.51. The number of carbonyl (C=O) groups excluding carboxylic acids is 1. The number of ether oxygens (including phenoxy) is 1. The first-order valence-electron chi connectivity index (χ1n) is 10.3. The molecule has 1 aromatic carbocycles. The number of esters is 1. The lowest BCUT2D eigenvalue weighted by Gasteiger charge is -2.31. The number of hydrogen-bond acceptors (Lipinski definition) is 7. The largest absolute Gasteiger partial charge is 0.508 e. The van der Waals surface area contributed by atoms with Gasteiger partial charge in [0.25, 0.3) is 5.56 Å². The predicted octanol–water partition coefficient (Wildman–Crippen LogP) is 2.23. The van der Waals surface area contributed by atoms with Crippen LogP contribution in [0.4, 0.5) is 0 Å². The molecule has 0 saturated heterocycles. The minimum Gasteiger partial charge on any atom is -0.508 e. The smallest absolute Gasteiger partial charge is 0.343 e. The molecule has 8 nitrogen and oxygen atoms in total. The zero-order valence-electron chi connectivity index (χ0n) is 17.2. The molecular formula is C23H22N2O6. The average Bonchev–Trinajstić information content (AvgIpc) is 3.13. The Morgan fingerprint density at radius 1 is 1.23 bits per heavy atom. The van der Waals surface area contributed by atoms with Crippen molar-refractivity contribution < 1.29 is 24.9 Å². The average molecular weight is 422 g/mol. The molecule has 2 atom stereocenters. The molecule has 1 unspecified atom stereocenters. The summed E-state index contributed by atoms with van der Waals surface area (Å²) < 4.78 is 6.64. The van der Waals surface area contributed by atoms with Gasteiger partial charge in [-0.1, -0.05) is 13.8 Å². The summed E-state index contributed by atoms with van der Waals surface area (Å²) >= 11 is 0. The highest BCUT2D eigenvalue weighted by Crippen LogP contribution is 2.42. The van der Waals surface area contributed by atoms with Crippen LogP contribution in [0, 0.1) is 0 Å². The summed E-state index contributed by atoms with van der Waals surface area (Å²) in [5.41, 5.74) is 1.16. The number of phenolic OH excluding ortho intramolecular Hbond substituents is 1. The van der Waals surface area contributed by atoms with Crippen LogP contribution in [0.5, 0.6) is 5.75 Å². The topological polar surface area (TPSA) is 122 Å². The van der Waals surface area contributed by atoms with E-state index in [1.165, 1.54) is 10.6 Å². The van der Waals surface area contributed by atoms with Gasteiger partial charge in [0, 0.05) is 16.5 Å². The second kappa shape index (κ2) is 6.63. The second-order valence-corrected chi connectivity index (χ2v) is 8.08. The molecule has 3 aromatic rings. The van der Waals surface area contributed by atoms with Crippen LogP contribution in [-0.4, -0.2) is 30.8 Å². The van der Waals surface area contributed by atoms with E-state index in [-0.39, 0.29) is 42.0 Å². The summed E-state index contributed by atoms with van der Waals surface area (Å²) in [4.78, 5) is 30.3. The highest BCUT2D eigenvalue weighted by atomic mass is 16.6. The van der Waals surface area contributed by atoms with Gasteiger partial charge in [-0.15, -0.1) is 0 Å². The van der Waals surface area contributed by atoms with Crippen LogP contribution in [-0.2, 0) is 28.3 Å². The van der Waals surface area contributed by atoms with Gasteiger partial charge in [-0.25, -0.2) is 9.78 Å². The SMILES string of the molecule is CCC(O)c1c2c(nc3ccc(O)cc13)-c1cc3c(c(=O)n1C2)COC(=O)[C@]3(O)CC. The van der Waals surface area contributed by atoms with Crippen LogP contribution in [0.15, 0.2) is 29.1 Å². The molecule has 0 amide bonds. The van der Waals surface area contributed by atoms with Crippen LogP contribution < -0.4 is 5.56 Å². The van der Waals surface area contributed by atoms with Gasteiger partial charge in [0.2, 0.25) is 0 Å². The van der Waals surface area contributed by atoms with Crippen molar-refractivity contribution in [3.63, 3.8) is 0 Å². The highest BCUT2D eigenvalue weighted by Gasteiger charge is 2.45. The molecule has 160 valence electrons. The maximum absolute atomic E-state index is 13.3. The third-order valence-electron chi connectivity index (χ3n) is 6.44. The van der Waals surface area contributed by atoms with Crippen LogP contribution in [0.3, 0.4) is 0 Å². The number of fused-ring (bicyclic) bond motifs is 5. The van der Waals surface area contributed by atoms with Crippen molar-refractivity contribution in [2.24, 2.45) is 0 Å². The Balaban J connectivity index is 1.85. The molecule has 0 radical (unpaired) electrons. The van der Waals surface area contributed by atoms with Crippen molar-refractivity contribution in [1.29, 1.82) is 0 Å². The van der Waals surface area contributed by atoms with E-state index in [1.807, 2.05) is 6.92 Å². The number of benzene rings is 1.